The minimum Gasteiger partial charge on any atom is -0.358 e. The number of anilines is 1. The molecule has 0 radical (unpaired) electrons. The molecule has 124 valence electrons. The number of nitrogens with zero attached hydrogens (tertiary/aromatic N) is 1. The van der Waals surface area contributed by atoms with Gasteiger partial charge in [0.15, 0.2) is 5.11 Å². The zero-order valence-electron chi connectivity index (χ0n) is 13.5. The molecule has 0 atom stereocenters. The predicted octanol–water partition coefficient (Wildman–Crippen LogP) is 3.41. The second kappa shape index (κ2) is 7.93. The molecule has 1 fully saturated rings. The summed E-state index contributed by atoms with van der Waals surface area (Å²) < 4.78 is 0. The Morgan fingerprint density at radius 2 is 1.67 bits per heavy atom. The average molecular weight is 339 g/mol. The molecule has 0 unspecified atom stereocenters. The van der Waals surface area contributed by atoms with E-state index in [2.05, 4.69) is 10.6 Å². The molecule has 3 rings (SSSR count). The van der Waals surface area contributed by atoms with Gasteiger partial charge in [-0.15, -0.1) is 0 Å². The van der Waals surface area contributed by atoms with Gasteiger partial charge in [-0.05, 0) is 54.9 Å². The van der Waals surface area contributed by atoms with Crippen molar-refractivity contribution >= 4 is 28.9 Å². The molecular weight excluding hydrogens is 318 g/mol. The maximum Gasteiger partial charge on any atom is 0.253 e. The first-order valence-corrected chi connectivity index (χ1v) is 8.61. The van der Waals surface area contributed by atoms with Crippen LogP contribution in [0.15, 0.2) is 54.6 Å². The number of benzene rings is 2. The van der Waals surface area contributed by atoms with Gasteiger partial charge in [0.05, 0.1) is 0 Å². The van der Waals surface area contributed by atoms with Crippen molar-refractivity contribution in [3.05, 3.63) is 65.7 Å². The van der Waals surface area contributed by atoms with Gasteiger partial charge in [-0.1, -0.05) is 30.3 Å². The van der Waals surface area contributed by atoms with Gasteiger partial charge in [-0.3, -0.25) is 4.79 Å². The summed E-state index contributed by atoms with van der Waals surface area (Å²) in [5.41, 5.74) is 2.78. The number of carbonyl (C=O) groups excluding carboxylic acids is 1. The molecule has 0 bridgehead atoms. The van der Waals surface area contributed by atoms with Gasteiger partial charge in [-0.25, -0.2) is 0 Å². The van der Waals surface area contributed by atoms with Gasteiger partial charge < -0.3 is 15.5 Å². The van der Waals surface area contributed by atoms with Crippen molar-refractivity contribution in [2.24, 2.45) is 0 Å². The Kier molecular flexibility index (Phi) is 5.43. The van der Waals surface area contributed by atoms with E-state index in [-0.39, 0.29) is 5.91 Å². The monoisotopic (exact) mass is 339 g/mol. The van der Waals surface area contributed by atoms with Gasteiger partial charge in [-0.2, -0.15) is 0 Å². The maximum atomic E-state index is 12.3. The summed E-state index contributed by atoms with van der Waals surface area (Å²) in [7, 11) is 0. The van der Waals surface area contributed by atoms with Crippen molar-refractivity contribution in [3.8, 4) is 0 Å². The number of nitrogens with one attached hydrogen (secondary N) is 2. The average Bonchev–Trinajstić information content (AvgIpc) is 3.16. The third-order valence-electron chi connectivity index (χ3n) is 4.08. The number of hydrogen-bond donors (Lipinski definition) is 2. The summed E-state index contributed by atoms with van der Waals surface area (Å²) in [4.78, 5) is 14.2. The van der Waals surface area contributed by atoms with E-state index in [1.54, 1.807) is 0 Å². The molecule has 1 aliphatic rings. The molecule has 0 aromatic heterocycles. The molecule has 1 aliphatic heterocycles. The van der Waals surface area contributed by atoms with Gasteiger partial charge in [0, 0.05) is 30.9 Å². The SMILES string of the molecule is O=C(c1ccc(NC(=S)NCc2ccccc2)cc1)N1CCCC1. The Labute approximate surface area is 147 Å². The van der Waals surface area contributed by atoms with Crippen LogP contribution < -0.4 is 10.6 Å². The molecule has 0 saturated carbocycles. The lowest BCUT2D eigenvalue weighted by Crippen LogP contribution is -2.28. The summed E-state index contributed by atoms with van der Waals surface area (Å²) in [6, 6.07) is 17.6. The van der Waals surface area contributed by atoms with Gasteiger partial charge >= 0.3 is 0 Å². The van der Waals surface area contributed by atoms with E-state index in [1.165, 1.54) is 5.56 Å². The van der Waals surface area contributed by atoms with E-state index in [0.717, 1.165) is 37.2 Å². The second-order valence-electron chi connectivity index (χ2n) is 5.87. The minimum atomic E-state index is 0.115. The summed E-state index contributed by atoms with van der Waals surface area (Å²) in [6.07, 6.45) is 2.21. The second-order valence-corrected chi connectivity index (χ2v) is 6.28. The Morgan fingerprint density at radius 1 is 1.00 bits per heavy atom. The van der Waals surface area contributed by atoms with Crippen molar-refractivity contribution in [2.45, 2.75) is 19.4 Å². The minimum absolute atomic E-state index is 0.115. The van der Waals surface area contributed by atoms with Crippen LogP contribution >= 0.6 is 12.2 Å². The van der Waals surface area contributed by atoms with Crippen molar-refractivity contribution in [3.63, 3.8) is 0 Å². The highest BCUT2D eigenvalue weighted by Crippen LogP contribution is 2.15. The predicted molar refractivity (Wildman–Crippen MR) is 101 cm³/mol. The molecule has 1 amide bonds. The third-order valence-corrected chi connectivity index (χ3v) is 4.33. The fourth-order valence-corrected chi connectivity index (χ4v) is 2.94. The number of rotatable bonds is 4. The molecule has 2 aromatic rings. The molecule has 2 aromatic carbocycles. The van der Waals surface area contributed by atoms with E-state index >= 15 is 0 Å². The Hall–Kier alpha value is -2.40. The quantitative estimate of drug-likeness (QED) is 0.838. The lowest BCUT2D eigenvalue weighted by atomic mass is 10.2. The number of hydrogen-bond acceptors (Lipinski definition) is 2. The van der Waals surface area contributed by atoms with Crippen LogP contribution in [0.3, 0.4) is 0 Å². The molecule has 1 heterocycles. The van der Waals surface area contributed by atoms with E-state index in [0.29, 0.717) is 11.7 Å². The van der Waals surface area contributed by atoms with Crippen LogP contribution in [0, 0.1) is 0 Å². The Morgan fingerprint density at radius 3 is 2.33 bits per heavy atom. The highest BCUT2D eigenvalue weighted by molar-refractivity contribution is 7.80. The first-order chi connectivity index (χ1) is 11.7. The van der Waals surface area contributed by atoms with E-state index < -0.39 is 0 Å². The summed E-state index contributed by atoms with van der Waals surface area (Å²) >= 11 is 5.31. The van der Waals surface area contributed by atoms with Gasteiger partial charge in [0.25, 0.3) is 5.91 Å². The van der Waals surface area contributed by atoms with Crippen LogP contribution in [0.4, 0.5) is 5.69 Å². The molecule has 1 saturated heterocycles. The number of likely N-dealkylation sites (tertiary alicyclic amines) is 1. The summed E-state index contributed by atoms with van der Waals surface area (Å²) in [5.74, 6) is 0.115. The molecule has 0 spiro atoms. The normalized spacial score (nSPS) is 13.6. The fourth-order valence-electron chi connectivity index (χ4n) is 2.75. The Balaban J connectivity index is 1.52. The van der Waals surface area contributed by atoms with E-state index in [9.17, 15) is 4.79 Å². The Bertz CT molecular complexity index is 694. The first-order valence-electron chi connectivity index (χ1n) is 8.20. The maximum absolute atomic E-state index is 12.3. The zero-order valence-corrected chi connectivity index (χ0v) is 14.3. The van der Waals surface area contributed by atoms with E-state index in [4.69, 9.17) is 12.2 Å². The first kappa shape index (κ1) is 16.5. The van der Waals surface area contributed by atoms with Crippen molar-refractivity contribution in [1.29, 1.82) is 0 Å². The van der Waals surface area contributed by atoms with E-state index in [1.807, 2.05) is 59.5 Å². The van der Waals surface area contributed by atoms with Crippen LogP contribution in [0.2, 0.25) is 0 Å². The fraction of sp³-hybridized carbons (Fsp3) is 0.263. The van der Waals surface area contributed by atoms with Crippen LogP contribution in [0.25, 0.3) is 0 Å². The zero-order chi connectivity index (χ0) is 16.8. The lowest BCUT2D eigenvalue weighted by Gasteiger charge is -2.15. The summed E-state index contributed by atoms with van der Waals surface area (Å²) in [6.45, 7) is 2.41. The molecule has 4 nitrogen and oxygen atoms in total. The molecule has 24 heavy (non-hydrogen) atoms. The van der Waals surface area contributed by atoms with Crippen LogP contribution in [-0.4, -0.2) is 29.0 Å². The van der Waals surface area contributed by atoms with Gasteiger partial charge in [0.2, 0.25) is 0 Å². The van der Waals surface area contributed by atoms with Crippen molar-refractivity contribution in [2.75, 3.05) is 18.4 Å². The van der Waals surface area contributed by atoms with Crippen molar-refractivity contribution in [1.82, 2.24) is 10.2 Å². The van der Waals surface area contributed by atoms with Crippen LogP contribution in [0.5, 0.6) is 0 Å². The third kappa shape index (κ3) is 4.32. The number of thiocarbonyl (C=S) groups is 1. The van der Waals surface area contributed by atoms with Crippen LogP contribution in [-0.2, 0) is 6.54 Å². The molecular formula is C19H21N3OS. The lowest BCUT2D eigenvalue weighted by molar-refractivity contribution is 0.0793. The van der Waals surface area contributed by atoms with Crippen LogP contribution in [0.1, 0.15) is 28.8 Å². The molecule has 2 N–H and O–H groups in total. The summed E-state index contributed by atoms with van der Waals surface area (Å²) in [5, 5.41) is 6.89. The smallest absolute Gasteiger partial charge is 0.253 e. The molecule has 5 heteroatoms. The molecule has 0 aliphatic carbocycles. The van der Waals surface area contributed by atoms with Crippen molar-refractivity contribution < 1.29 is 4.79 Å². The highest BCUT2D eigenvalue weighted by Gasteiger charge is 2.19. The number of amides is 1. The largest absolute Gasteiger partial charge is 0.358 e. The standard InChI is InChI=1S/C19H21N3OS/c23-18(22-12-4-5-13-22)16-8-10-17(11-9-16)21-19(24)20-14-15-6-2-1-3-7-15/h1-3,6-11H,4-5,12-14H2,(H2,20,21,24). The topological polar surface area (TPSA) is 44.4 Å². The number of carbonyl (C=O) groups is 1. The van der Waals surface area contributed by atoms with Gasteiger partial charge in [0.1, 0.15) is 0 Å². The highest BCUT2D eigenvalue weighted by atomic mass is 32.1.